The maximum Gasteiger partial charge on any atom is 0.123 e. The first-order valence-corrected chi connectivity index (χ1v) is 6.66. The minimum absolute atomic E-state index is 0.209. The van der Waals surface area contributed by atoms with Crippen LogP contribution in [0.25, 0.3) is 0 Å². The topological polar surface area (TPSA) is 12.0 Å². The second-order valence-electron chi connectivity index (χ2n) is 3.64. The average molecular weight is 359 g/mol. The molecule has 0 atom stereocenters. The maximum atomic E-state index is 12.7. The van der Waals surface area contributed by atoms with Crippen LogP contribution in [0.4, 0.5) is 10.1 Å². The van der Waals surface area contributed by atoms with E-state index < -0.39 is 0 Å². The van der Waals surface area contributed by atoms with Gasteiger partial charge < -0.3 is 5.32 Å². The molecule has 1 nitrogen and oxygen atoms in total. The largest absolute Gasteiger partial charge is 0.381 e. The van der Waals surface area contributed by atoms with E-state index in [9.17, 15) is 4.39 Å². The molecule has 1 N–H and O–H groups in total. The van der Waals surface area contributed by atoms with E-state index in [0.717, 1.165) is 20.2 Å². The van der Waals surface area contributed by atoms with Crippen LogP contribution in [0, 0.1) is 5.82 Å². The first kappa shape index (κ1) is 12.6. The number of benzene rings is 2. The lowest BCUT2D eigenvalue weighted by Gasteiger charge is -2.07. The van der Waals surface area contributed by atoms with E-state index in [4.69, 9.17) is 0 Å². The van der Waals surface area contributed by atoms with Gasteiger partial charge in [0.2, 0.25) is 0 Å². The van der Waals surface area contributed by atoms with Crippen LogP contribution < -0.4 is 5.32 Å². The Hall–Kier alpha value is -0.870. The van der Waals surface area contributed by atoms with Crippen LogP contribution in [0.3, 0.4) is 0 Å². The summed E-state index contributed by atoms with van der Waals surface area (Å²) in [5.41, 5.74) is 2.05. The van der Waals surface area contributed by atoms with E-state index in [-0.39, 0.29) is 5.82 Å². The zero-order valence-corrected chi connectivity index (χ0v) is 12.1. The Bertz CT molecular complexity index is 491. The summed E-state index contributed by atoms with van der Waals surface area (Å²) in [6.07, 6.45) is 0. The molecule has 88 valence electrons. The average Bonchev–Trinajstić information content (AvgIpc) is 2.27. The highest BCUT2D eigenvalue weighted by atomic mass is 79.9. The van der Waals surface area contributed by atoms with Crippen LogP contribution >= 0.6 is 31.9 Å². The fourth-order valence-electron chi connectivity index (χ4n) is 1.46. The fourth-order valence-corrected chi connectivity index (χ4v) is 2.76. The van der Waals surface area contributed by atoms with Gasteiger partial charge in [-0.3, -0.25) is 0 Å². The summed E-state index contributed by atoms with van der Waals surface area (Å²) in [5, 5.41) is 3.28. The Morgan fingerprint density at radius 1 is 0.941 bits per heavy atom. The number of anilines is 1. The summed E-state index contributed by atoms with van der Waals surface area (Å²) in [6, 6.07) is 12.4. The van der Waals surface area contributed by atoms with Gasteiger partial charge >= 0.3 is 0 Å². The summed E-state index contributed by atoms with van der Waals surface area (Å²) in [7, 11) is 0. The van der Waals surface area contributed by atoms with E-state index in [0.29, 0.717) is 6.54 Å². The molecule has 0 aliphatic carbocycles. The molecule has 2 rings (SSSR count). The smallest absolute Gasteiger partial charge is 0.123 e. The molecule has 2 aromatic carbocycles. The molecule has 0 heterocycles. The van der Waals surface area contributed by atoms with Gasteiger partial charge in [0.25, 0.3) is 0 Å². The molecule has 0 radical (unpaired) electrons. The number of halogens is 3. The van der Waals surface area contributed by atoms with Crippen LogP contribution in [0.2, 0.25) is 0 Å². The van der Waals surface area contributed by atoms with Crippen LogP contribution in [0.5, 0.6) is 0 Å². The number of hydrogen-bond donors (Lipinski definition) is 1. The molecule has 2 aromatic rings. The summed E-state index contributed by atoms with van der Waals surface area (Å²) < 4.78 is 14.7. The molecule has 17 heavy (non-hydrogen) atoms. The van der Waals surface area contributed by atoms with Crippen molar-refractivity contribution in [3.8, 4) is 0 Å². The molecular weight excluding hydrogens is 349 g/mol. The van der Waals surface area contributed by atoms with Crippen molar-refractivity contribution in [2.45, 2.75) is 6.54 Å². The number of hydrogen-bond acceptors (Lipinski definition) is 1. The normalized spacial score (nSPS) is 10.3. The van der Waals surface area contributed by atoms with Crippen LogP contribution in [0.15, 0.2) is 51.4 Å². The molecule has 0 saturated heterocycles. The van der Waals surface area contributed by atoms with Crippen molar-refractivity contribution in [1.29, 1.82) is 0 Å². The van der Waals surface area contributed by atoms with Crippen molar-refractivity contribution in [2.75, 3.05) is 5.32 Å². The van der Waals surface area contributed by atoms with E-state index in [2.05, 4.69) is 37.2 Å². The molecular formula is C13H10Br2FN. The predicted molar refractivity (Wildman–Crippen MR) is 75.6 cm³/mol. The zero-order chi connectivity index (χ0) is 12.3. The van der Waals surface area contributed by atoms with Crippen LogP contribution in [-0.4, -0.2) is 0 Å². The van der Waals surface area contributed by atoms with Crippen molar-refractivity contribution in [3.63, 3.8) is 0 Å². The molecule has 0 spiro atoms. The van der Waals surface area contributed by atoms with Gasteiger partial charge in [-0.15, -0.1) is 0 Å². The van der Waals surface area contributed by atoms with Gasteiger partial charge in [-0.05, 0) is 35.9 Å². The lowest BCUT2D eigenvalue weighted by atomic mass is 10.2. The number of nitrogens with one attached hydrogen (secondary N) is 1. The molecule has 0 saturated carbocycles. The molecule has 0 aromatic heterocycles. The van der Waals surface area contributed by atoms with Crippen molar-refractivity contribution in [3.05, 3.63) is 62.8 Å². The van der Waals surface area contributed by atoms with Crippen molar-refractivity contribution < 1.29 is 4.39 Å². The van der Waals surface area contributed by atoms with Gasteiger partial charge in [-0.2, -0.15) is 0 Å². The highest BCUT2D eigenvalue weighted by Gasteiger charge is 1.98. The lowest BCUT2D eigenvalue weighted by molar-refractivity contribution is 0.627. The van der Waals surface area contributed by atoms with Gasteiger partial charge in [-0.25, -0.2) is 4.39 Å². The second kappa shape index (κ2) is 5.65. The molecule has 0 bridgehead atoms. The highest BCUT2D eigenvalue weighted by molar-refractivity contribution is 9.11. The molecule has 0 aliphatic rings. The van der Waals surface area contributed by atoms with Gasteiger partial charge in [0.15, 0.2) is 0 Å². The second-order valence-corrected chi connectivity index (χ2v) is 5.47. The first-order chi connectivity index (χ1) is 8.13. The monoisotopic (exact) mass is 357 g/mol. The SMILES string of the molecule is Fc1ccc(CNc2cc(Br)cc(Br)c2)cc1. The van der Waals surface area contributed by atoms with E-state index in [1.54, 1.807) is 12.1 Å². The molecule has 0 unspecified atom stereocenters. The summed E-state index contributed by atoms with van der Waals surface area (Å²) >= 11 is 6.86. The van der Waals surface area contributed by atoms with Gasteiger partial charge in [0, 0.05) is 21.2 Å². The molecule has 0 fully saturated rings. The maximum absolute atomic E-state index is 12.7. The molecule has 0 amide bonds. The molecule has 0 aliphatic heterocycles. The zero-order valence-electron chi connectivity index (χ0n) is 8.88. The standard InChI is InChI=1S/C13H10Br2FN/c14-10-5-11(15)7-13(6-10)17-8-9-1-3-12(16)4-2-9/h1-7,17H,8H2. The van der Waals surface area contributed by atoms with E-state index in [1.807, 2.05) is 18.2 Å². The quantitative estimate of drug-likeness (QED) is 0.817. The van der Waals surface area contributed by atoms with Crippen LogP contribution in [-0.2, 0) is 6.54 Å². The van der Waals surface area contributed by atoms with Crippen molar-refractivity contribution >= 4 is 37.5 Å². The Balaban J connectivity index is 2.04. The van der Waals surface area contributed by atoms with Crippen molar-refractivity contribution in [1.82, 2.24) is 0 Å². The third-order valence-electron chi connectivity index (χ3n) is 2.27. The lowest BCUT2D eigenvalue weighted by Crippen LogP contribution is -1.99. The third kappa shape index (κ3) is 3.82. The first-order valence-electron chi connectivity index (χ1n) is 5.08. The summed E-state index contributed by atoms with van der Waals surface area (Å²) in [5.74, 6) is -0.209. The van der Waals surface area contributed by atoms with Gasteiger partial charge in [0.1, 0.15) is 5.82 Å². The van der Waals surface area contributed by atoms with Gasteiger partial charge in [-0.1, -0.05) is 44.0 Å². The Morgan fingerprint density at radius 2 is 1.53 bits per heavy atom. The summed E-state index contributed by atoms with van der Waals surface area (Å²) in [4.78, 5) is 0. The fraction of sp³-hybridized carbons (Fsp3) is 0.0769. The Kier molecular flexibility index (Phi) is 4.18. The Labute approximate surface area is 116 Å². The minimum atomic E-state index is -0.209. The summed E-state index contributed by atoms with van der Waals surface area (Å²) in [6.45, 7) is 0.670. The highest BCUT2D eigenvalue weighted by Crippen LogP contribution is 2.23. The Morgan fingerprint density at radius 3 is 2.12 bits per heavy atom. The third-order valence-corrected chi connectivity index (χ3v) is 3.19. The van der Waals surface area contributed by atoms with E-state index in [1.165, 1.54) is 12.1 Å². The van der Waals surface area contributed by atoms with Gasteiger partial charge in [0.05, 0.1) is 0 Å². The van der Waals surface area contributed by atoms with Crippen molar-refractivity contribution in [2.24, 2.45) is 0 Å². The number of rotatable bonds is 3. The molecule has 4 heteroatoms. The van der Waals surface area contributed by atoms with Crippen LogP contribution in [0.1, 0.15) is 5.56 Å². The van der Waals surface area contributed by atoms with E-state index >= 15 is 0 Å². The minimum Gasteiger partial charge on any atom is -0.381 e. The predicted octanol–water partition coefficient (Wildman–Crippen LogP) is 4.96.